The van der Waals surface area contributed by atoms with Crippen LogP contribution < -0.4 is 0 Å². The number of benzene rings is 1. The van der Waals surface area contributed by atoms with Gasteiger partial charge in [0.15, 0.2) is 5.82 Å². The normalized spacial score (nSPS) is 17.7. The first-order valence-corrected chi connectivity index (χ1v) is 7.06. The standard InChI is InChI=1S/C15H16N4O3/c1-9-16-13(18-17-9)10-2-4-11(5-3-10)14(20)19-7-6-12(8-19)15(21)22/h2-5,12H,6-8H2,1H3,(H,21,22)(H,16,17,18). The Morgan fingerprint density at radius 3 is 2.59 bits per heavy atom. The van der Waals surface area contributed by atoms with Crippen LogP contribution in [0.5, 0.6) is 0 Å². The first-order valence-electron chi connectivity index (χ1n) is 7.06. The number of likely N-dealkylation sites (tertiary alicyclic amines) is 1. The number of aromatic nitrogens is 3. The molecular formula is C15H16N4O3. The highest BCUT2D eigenvalue weighted by Crippen LogP contribution is 2.21. The molecular weight excluding hydrogens is 284 g/mol. The van der Waals surface area contributed by atoms with Crippen molar-refractivity contribution >= 4 is 11.9 Å². The Balaban J connectivity index is 1.73. The lowest BCUT2D eigenvalue weighted by Crippen LogP contribution is -2.29. The average Bonchev–Trinajstić information content (AvgIpc) is 3.16. The molecule has 114 valence electrons. The average molecular weight is 300 g/mol. The fourth-order valence-electron chi connectivity index (χ4n) is 2.56. The summed E-state index contributed by atoms with van der Waals surface area (Å²) >= 11 is 0. The van der Waals surface area contributed by atoms with Crippen LogP contribution in [-0.4, -0.2) is 50.2 Å². The van der Waals surface area contributed by atoms with E-state index in [1.165, 1.54) is 0 Å². The van der Waals surface area contributed by atoms with Gasteiger partial charge in [-0.05, 0) is 25.5 Å². The molecule has 0 bridgehead atoms. The van der Waals surface area contributed by atoms with E-state index in [4.69, 9.17) is 5.11 Å². The minimum Gasteiger partial charge on any atom is -0.481 e. The third-order valence-electron chi connectivity index (χ3n) is 3.81. The largest absolute Gasteiger partial charge is 0.481 e. The van der Waals surface area contributed by atoms with Gasteiger partial charge in [0, 0.05) is 24.2 Å². The number of carboxylic acids is 1. The topological polar surface area (TPSA) is 99.2 Å². The Labute approximate surface area is 127 Å². The number of carbonyl (C=O) groups is 2. The maximum Gasteiger partial charge on any atom is 0.308 e. The molecule has 3 rings (SSSR count). The van der Waals surface area contributed by atoms with Crippen LogP contribution in [0.15, 0.2) is 24.3 Å². The molecule has 1 aliphatic rings. The highest BCUT2D eigenvalue weighted by molar-refractivity contribution is 5.95. The molecule has 1 fully saturated rings. The number of aliphatic carboxylic acids is 1. The van der Waals surface area contributed by atoms with Gasteiger partial charge in [-0.3, -0.25) is 14.7 Å². The number of nitrogens with one attached hydrogen (secondary N) is 1. The Hall–Kier alpha value is -2.70. The van der Waals surface area contributed by atoms with E-state index in [9.17, 15) is 9.59 Å². The van der Waals surface area contributed by atoms with Gasteiger partial charge in [-0.1, -0.05) is 12.1 Å². The number of hydrogen-bond acceptors (Lipinski definition) is 4. The highest BCUT2D eigenvalue weighted by atomic mass is 16.4. The number of carbonyl (C=O) groups excluding carboxylic acids is 1. The predicted octanol–water partition coefficient (Wildman–Crippen LogP) is 1.33. The molecule has 2 N–H and O–H groups in total. The molecule has 2 heterocycles. The van der Waals surface area contributed by atoms with E-state index < -0.39 is 11.9 Å². The quantitative estimate of drug-likeness (QED) is 0.890. The predicted molar refractivity (Wildman–Crippen MR) is 78.2 cm³/mol. The molecule has 22 heavy (non-hydrogen) atoms. The molecule has 0 aliphatic carbocycles. The van der Waals surface area contributed by atoms with Crippen molar-refractivity contribution in [3.63, 3.8) is 0 Å². The zero-order valence-corrected chi connectivity index (χ0v) is 12.1. The van der Waals surface area contributed by atoms with Crippen molar-refractivity contribution in [1.29, 1.82) is 0 Å². The summed E-state index contributed by atoms with van der Waals surface area (Å²) in [4.78, 5) is 29.1. The number of H-pyrrole nitrogens is 1. The lowest BCUT2D eigenvalue weighted by molar-refractivity contribution is -0.141. The Kier molecular flexibility index (Phi) is 3.62. The molecule has 1 aromatic heterocycles. The summed E-state index contributed by atoms with van der Waals surface area (Å²) < 4.78 is 0. The van der Waals surface area contributed by atoms with Gasteiger partial charge >= 0.3 is 5.97 Å². The number of aromatic amines is 1. The van der Waals surface area contributed by atoms with Crippen LogP contribution >= 0.6 is 0 Å². The Bertz CT molecular complexity index is 708. The van der Waals surface area contributed by atoms with Crippen LogP contribution in [0.1, 0.15) is 22.6 Å². The number of rotatable bonds is 3. The van der Waals surface area contributed by atoms with E-state index in [1.54, 1.807) is 29.2 Å². The second kappa shape index (κ2) is 5.59. The zero-order valence-electron chi connectivity index (χ0n) is 12.1. The van der Waals surface area contributed by atoms with Crippen molar-refractivity contribution < 1.29 is 14.7 Å². The van der Waals surface area contributed by atoms with Crippen LogP contribution in [0, 0.1) is 12.8 Å². The molecule has 1 saturated heterocycles. The molecule has 0 saturated carbocycles. The van der Waals surface area contributed by atoms with Gasteiger partial charge in [-0.25, -0.2) is 4.98 Å². The van der Waals surface area contributed by atoms with Gasteiger partial charge in [0.05, 0.1) is 5.92 Å². The maximum atomic E-state index is 12.4. The highest BCUT2D eigenvalue weighted by Gasteiger charge is 2.31. The molecule has 1 aliphatic heterocycles. The fraction of sp³-hybridized carbons (Fsp3) is 0.333. The molecule has 7 heteroatoms. The molecule has 7 nitrogen and oxygen atoms in total. The van der Waals surface area contributed by atoms with Crippen LogP contribution in [0.25, 0.3) is 11.4 Å². The molecule has 0 spiro atoms. The maximum absolute atomic E-state index is 12.4. The number of nitrogens with zero attached hydrogens (tertiary/aromatic N) is 3. The van der Waals surface area contributed by atoms with E-state index in [0.717, 1.165) is 11.4 Å². The summed E-state index contributed by atoms with van der Waals surface area (Å²) in [5.74, 6) is -0.123. The monoisotopic (exact) mass is 300 g/mol. The number of aryl methyl sites for hydroxylation is 1. The van der Waals surface area contributed by atoms with Crippen LogP contribution in [0.2, 0.25) is 0 Å². The van der Waals surface area contributed by atoms with Gasteiger partial charge in [-0.15, -0.1) is 0 Å². The van der Waals surface area contributed by atoms with Gasteiger partial charge < -0.3 is 10.0 Å². The summed E-state index contributed by atoms with van der Waals surface area (Å²) in [5, 5.41) is 15.8. The lowest BCUT2D eigenvalue weighted by Gasteiger charge is -2.15. The zero-order chi connectivity index (χ0) is 15.7. The van der Waals surface area contributed by atoms with Gasteiger partial charge in [0.25, 0.3) is 5.91 Å². The second-order valence-electron chi connectivity index (χ2n) is 5.40. The molecule has 1 amide bonds. The minimum atomic E-state index is -0.842. The van der Waals surface area contributed by atoms with E-state index >= 15 is 0 Å². The second-order valence-corrected chi connectivity index (χ2v) is 5.40. The lowest BCUT2D eigenvalue weighted by atomic mass is 10.1. The van der Waals surface area contributed by atoms with Gasteiger partial charge in [0.2, 0.25) is 0 Å². The van der Waals surface area contributed by atoms with E-state index in [1.807, 2.05) is 6.92 Å². The number of hydrogen-bond donors (Lipinski definition) is 2. The summed E-state index contributed by atoms with van der Waals surface area (Å²) in [5.41, 5.74) is 1.37. The van der Waals surface area contributed by atoms with Crippen molar-refractivity contribution in [2.24, 2.45) is 5.92 Å². The van der Waals surface area contributed by atoms with E-state index in [-0.39, 0.29) is 12.5 Å². The summed E-state index contributed by atoms with van der Waals surface area (Å²) in [6, 6.07) is 7.02. The Morgan fingerprint density at radius 1 is 1.32 bits per heavy atom. The van der Waals surface area contributed by atoms with Crippen molar-refractivity contribution in [2.75, 3.05) is 13.1 Å². The fourth-order valence-corrected chi connectivity index (χ4v) is 2.56. The summed E-state index contributed by atoms with van der Waals surface area (Å²) in [7, 11) is 0. The first-order chi connectivity index (χ1) is 10.5. The smallest absolute Gasteiger partial charge is 0.308 e. The minimum absolute atomic E-state index is 0.138. The third-order valence-corrected chi connectivity index (χ3v) is 3.81. The summed E-state index contributed by atoms with van der Waals surface area (Å²) in [6.07, 6.45) is 0.510. The van der Waals surface area contributed by atoms with E-state index in [0.29, 0.717) is 24.4 Å². The van der Waals surface area contributed by atoms with Gasteiger partial charge in [0.1, 0.15) is 5.82 Å². The third kappa shape index (κ3) is 2.69. The van der Waals surface area contributed by atoms with Crippen LogP contribution in [0.3, 0.4) is 0 Å². The molecule has 1 atom stereocenters. The van der Waals surface area contributed by atoms with E-state index in [2.05, 4.69) is 15.2 Å². The van der Waals surface area contributed by atoms with Gasteiger partial charge in [-0.2, -0.15) is 5.10 Å². The van der Waals surface area contributed by atoms with Crippen molar-refractivity contribution in [1.82, 2.24) is 20.1 Å². The molecule has 1 aromatic carbocycles. The number of amides is 1. The number of carboxylic acid groups (broad SMARTS) is 1. The molecule has 1 unspecified atom stereocenters. The van der Waals surface area contributed by atoms with Crippen LogP contribution in [0.4, 0.5) is 0 Å². The first kappa shape index (κ1) is 14.2. The molecule has 2 aromatic rings. The van der Waals surface area contributed by atoms with Crippen molar-refractivity contribution in [3.05, 3.63) is 35.7 Å². The van der Waals surface area contributed by atoms with Crippen LogP contribution in [-0.2, 0) is 4.79 Å². The molecule has 0 radical (unpaired) electrons. The van der Waals surface area contributed by atoms with Crippen molar-refractivity contribution in [2.45, 2.75) is 13.3 Å². The summed E-state index contributed by atoms with van der Waals surface area (Å²) in [6.45, 7) is 2.58. The SMILES string of the molecule is Cc1nc(-c2ccc(C(=O)N3CCC(C(=O)O)C3)cc2)n[nH]1. The van der Waals surface area contributed by atoms with Crippen molar-refractivity contribution in [3.8, 4) is 11.4 Å². The Morgan fingerprint density at radius 2 is 2.05 bits per heavy atom.